The highest BCUT2D eigenvalue weighted by atomic mass is 19.4. The van der Waals surface area contributed by atoms with Crippen LogP contribution in [0.15, 0.2) is 60.0 Å². The molecule has 0 radical (unpaired) electrons. The first kappa shape index (κ1) is 15.7. The Balaban J connectivity index is 1.85. The lowest BCUT2D eigenvalue weighted by Crippen LogP contribution is -2.05. The third-order valence-corrected chi connectivity index (χ3v) is 3.34. The molecule has 2 aromatic carbocycles. The number of rotatable bonds is 3. The maximum Gasteiger partial charge on any atom is 0.416 e. The number of halogens is 3. The number of benzene rings is 2. The van der Waals surface area contributed by atoms with Crippen LogP contribution in [0.4, 0.5) is 13.2 Å². The Hall–Kier alpha value is -3.16. The van der Waals surface area contributed by atoms with Gasteiger partial charge in [-0.1, -0.05) is 24.3 Å². The Labute approximate surface area is 135 Å². The summed E-state index contributed by atoms with van der Waals surface area (Å²) in [6.07, 6.45) is -1.40. The van der Waals surface area contributed by atoms with E-state index in [0.29, 0.717) is 11.5 Å². The molecular weight excluding hydrogens is 319 g/mol. The first-order chi connectivity index (χ1) is 11.5. The molecule has 0 unspecified atom stereocenters. The van der Waals surface area contributed by atoms with Crippen LogP contribution in [0.1, 0.15) is 11.1 Å². The van der Waals surface area contributed by atoms with E-state index in [4.69, 9.17) is 5.84 Å². The van der Waals surface area contributed by atoms with E-state index < -0.39 is 11.7 Å². The van der Waals surface area contributed by atoms with Crippen molar-refractivity contribution in [2.75, 3.05) is 0 Å². The summed E-state index contributed by atoms with van der Waals surface area (Å²) in [7, 11) is 0. The minimum atomic E-state index is -4.36. The van der Waals surface area contributed by atoms with E-state index in [9.17, 15) is 13.2 Å². The average Bonchev–Trinajstić information content (AvgIpc) is 3.05. The van der Waals surface area contributed by atoms with Gasteiger partial charge >= 0.3 is 6.18 Å². The smallest absolute Gasteiger partial charge is 0.323 e. The molecule has 0 saturated carbocycles. The molecule has 0 amide bonds. The van der Waals surface area contributed by atoms with E-state index in [1.807, 2.05) is 24.3 Å². The number of nitrogens with zero attached hydrogens (tertiary/aromatic N) is 4. The van der Waals surface area contributed by atoms with Crippen molar-refractivity contribution in [3.8, 4) is 17.1 Å². The predicted molar refractivity (Wildman–Crippen MR) is 83.6 cm³/mol. The minimum absolute atomic E-state index is 0.464. The second-order valence-electron chi connectivity index (χ2n) is 4.96. The molecule has 8 heteroatoms. The average molecular weight is 331 g/mol. The van der Waals surface area contributed by atoms with E-state index >= 15 is 0 Å². The van der Waals surface area contributed by atoms with Crippen molar-refractivity contribution in [3.63, 3.8) is 0 Å². The molecule has 0 spiro atoms. The number of hydrazone groups is 1. The van der Waals surface area contributed by atoms with Crippen molar-refractivity contribution in [2.24, 2.45) is 10.9 Å². The Morgan fingerprint density at radius 1 is 1.00 bits per heavy atom. The fourth-order valence-corrected chi connectivity index (χ4v) is 2.13. The van der Waals surface area contributed by atoms with Crippen molar-refractivity contribution >= 4 is 6.21 Å². The summed E-state index contributed by atoms with van der Waals surface area (Å²) in [5.41, 5.74) is 1.40. The molecule has 0 aliphatic heterocycles. The lowest BCUT2D eigenvalue weighted by molar-refractivity contribution is -0.137. The largest absolute Gasteiger partial charge is 0.416 e. The molecule has 3 rings (SSSR count). The zero-order valence-electron chi connectivity index (χ0n) is 12.3. The zero-order chi connectivity index (χ0) is 17.2. The number of hydrogen-bond acceptors (Lipinski definition) is 4. The van der Waals surface area contributed by atoms with E-state index in [2.05, 4.69) is 15.2 Å². The molecule has 0 aliphatic carbocycles. The zero-order valence-corrected chi connectivity index (χ0v) is 12.3. The Bertz CT molecular complexity index is 849. The summed E-state index contributed by atoms with van der Waals surface area (Å²) in [6, 6.07) is 12.0. The van der Waals surface area contributed by atoms with Crippen molar-refractivity contribution in [1.82, 2.24) is 14.8 Å². The molecule has 3 aromatic rings. The molecule has 5 nitrogen and oxygen atoms in total. The molecule has 122 valence electrons. The number of alkyl halides is 3. The molecule has 2 N–H and O–H groups in total. The van der Waals surface area contributed by atoms with Gasteiger partial charge in [-0.15, -0.1) is 5.10 Å². The predicted octanol–water partition coefficient (Wildman–Crippen LogP) is 3.25. The maximum atomic E-state index is 12.6. The van der Waals surface area contributed by atoms with Gasteiger partial charge in [0.25, 0.3) is 0 Å². The third-order valence-electron chi connectivity index (χ3n) is 3.34. The van der Waals surface area contributed by atoms with Crippen molar-refractivity contribution in [3.05, 3.63) is 66.0 Å². The number of aromatic nitrogens is 3. The Morgan fingerprint density at radius 3 is 2.25 bits per heavy atom. The van der Waals surface area contributed by atoms with Crippen LogP contribution < -0.4 is 5.84 Å². The van der Waals surface area contributed by atoms with E-state index in [-0.39, 0.29) is 0 Å². The quantitative estimate of drug-likeness (QED) is 0.455. The van der Waals surface area contributed by atoms with Crippen LogP contribution in [0, 0.1) is 0 Å². The van der Waals surface area contributed by atoms with Gasteiger partial charge in [0.15, 0.2) is 5.82 Å². The van der Waals surface area contributed by atoms with Crippen LogP contribution in [0.2, 0.25) is 0 Å². The van der Waals surface area contributed by atoms with Gasteiger partial charge in [-0.3, -0.25) is 0 Å². The normalized spacial score (nSPS) is 12.0. The van der Waals surface area contributed by atoms with Gasteiger partial charge in [-0.05, 0) is 29.8 Å². The standard InChI is InChI=1S/C16H12F3N5/c17-16(18,19)13-5-7-14(8-6-13)24-10-21-15(23-24)12-3-1-11(2-4-12)9-22-20/h1-10H,20H2/b22-9+. The number of hydrogen-bond donors (Lipinski definition) is 1. The van der Waals surface area contributed by atoms with E-state index in [0.717, 1.165) is 23.3 Å². The van der Waals surface area contributed by atoms with E-state index in [1.165, 1.54) is 29.4 Å². The van der Waals surface area contributed by atoms with Crippen molar-refractivity contribution in [2.45, 2.75) is 6.18 Å². The summed E-state index contributed by atoms with van der Waals surface area (Å²) in [6.45, 7) is 0. The summed E-state index contributed by atoms with van der Waals surface area (Å²) in [5.74, 6) is 5.55. The lowest BCUT2D eigenvalue weighted by Gasteiger charge is -2.07. The summed E-state index contributed by atoms with van der Waals surface area (Å²) < 4.78 is 39.2. The molecule has 0 aliphatic rings. The van der Waals surface area contributed by atoms with Gasteiger partial charge in [0.1, 0.15) is 6.33 Å². The highest BCUT2D eigenvalue weighted by Gasteiger charge is 2.30. The molecule has 1 heterocycles. The van der Waals surface area contributed by atoms with Crippen LogP contribution in [0.3, 0.4) is 0 Å². The molecule has 0 bridgehead atoms. The van der Waals surface area contributed by atoms with Crippen LogP contribution in [-0.2, 0) is 6.18 Å². The van der Waals surface area contributed by atoms with Crippen LogP contribution in [0.25, 0.3) is 17.1 Å². The van der Waals surface area contributed by atoms with Gasteiger partial charge < -0.3 is 5.84 Å². The highest BCUT2D eigenvalue weighted by Crippen LogP contribution is 2.29. The Kier molecular flexibility index (Phi) is 4.03. The molecule has 24 heavy (non-hydrogen) atoms. The van der Waals surface area contributed by atoms with Crippen LogP contribution in [0.5, 0.6) is 0 Å². The third kappa shape index (κ3) is 3.27. The first-order valence-electron chi connectivity index (χ1n) is 6.90. The molecule has 0 atom stereocenters. The van der Waals surface area contributed by atoms with Crippen molar-refractivity contribution in [1.29, 1.82) is 0 Å². The fourth-order valence-electron chi connectivity index (χ4n) is 2.13. The SMILES string of the molecule is N/N=C/c1ccc(-c2ncn(-c3ccc(C(F)(F)F)cc3)n2)cc1. The highest BCUT2D eigenvalue weighted by molar-refractivity contribution is 5.80. The topological polar surface area (TPSA) is 69.1 Å². The summed E-state index contributed by atoms with van der Waals surface area (Å²) in [5, 5.41) is 7.72. The summed E-state index contributed by atoms with van der Waals surface area (Å²) >= 11 is 0. The maximum absolute atomic E-state index is 12.6. The minimum Gasteiger partial charge on any atom is -0.323 e. The molecule has 0 fully saturated rings. The second-order valence-corrected chi connectivity index (χ2v) is 4.96. The van der Waals surface area contributed by atoms with Crippen molar-refractivity contribution < 1.29 is 13.2 Å². The summed E-state index contributed by atoms with van der Waals surface area (Å²) in [4.78, 5) is 4.18. The molecular formula is C16H12F3N5. The van der Waals surface area contributed by atoms with Crippen LogP contribution >= 0.6 is 0 Å². The van der Waals surface area contributed by atoms with Crippen LogP contribution in [-0.4, -0.2) is 21.0 Å². The van der Waals surface area contributed by atoms with Gasteiger partial charge in [0.05, 0.1) is 17.5 Å². The van der Waals surface area contributed by atoms with Gasteiger partial charge in [-0.2, -0.15) is 18.3 Å². The molecule has 1 aromatic heterocycles. The van der Waals surface area contributed by atoms with Gasteiger partial charge in [-0.25, -0.2) is 9.67 Å². The first-order valence-corrected chi connectivity index (χ1v) is 6.90. The monoisotopic (exact) mass is 331 g/mol. The van der Waals surface area contributed by atoms with Gasteiger partial charge in [0.2, 0.25) is 0 Å². The van der Waals surface area contributed by atoms with Gasteiger partial charge in [0, 0.05) is 5.56 Å². The fraction of sp³-hybridized carbons (Fsp3) is 0.0625. The lowest BCUT2D eigenvalue weighted by atomic mass is 10.1. The second kappa shape index (κ2) is 6.15. The van der Waals surface area contributed by atoms with E-state index in [1.54, 1.807) is 0 Å². The number of nitrogens with two attached hydrogens (primary N) is 1. The Morgan fingerprint density at radius 2 is 1.67 bits per heavy atom. The molecule has 0 saturated heterocycles.